The monoisotopic (exact) mass is 454 g/mol. The van der Waals surface area contributed by atoms with Crippen molar-refractivity contribution in [3.63, 3.8) is 0 Å². The third-order valence-electron chi connectivity index (χ3n) is 5.49. The van der Waals surface area contributed by atoms with Crippen LogP contribution < -0.4 is 9.08 Å². The van der Waals surface area contributed by atoms with Gasteiger partial charge in [0.1, 0.15) is 5.75 Å². The van der Waals surface area contributed by atoms with E-state index in [2.05, 4.69) is 18.7 Å². The zero-order valence-electron chi connectivity index (χ0n) is 19.6. The summed E-state index contributed by atoms with van der Waals surface area (Å²) < 4.78 is 35.7. The highest BCUT2D eigenvalue weighted by Crippen LogP contribution is 2.29. The molecule has 1 aromatic rings. The van der Waals surface area contributed by atoms with Crippen LogP contribution in [0.4, 0.5) is 5.69 Å². The van der Waals surface area contributed by atoms with Crippen molar-refractivity contribution in [2.75, 3.05) is 36.9 Å². The average molecular weight is 455 g/mol. The van der Waals surface area contributed by atoms with E-state index >= 15 is 0 Å². The minimum atomic E-state index is -3.70. The van der Waals surface area contributed by atoms with Crippen LogP contribution in [-0.2, 0) is 26.2 Å². The van der Waals surface area contributed by atoms with Crippen molar-refractivity contribution in [1.82, 2.24) is 4.90 Å². The minimum absolute atomic E-state index is 0.0230. The molecule has 2 rings (SSSR count). The smallest absolute Gasteiger partial charge is 0.308 e. The van der Waals surface area contributed by atoms with E-state index in [1.807, 2.05) is 26.0 Å². The summed E-state index contributed by atoms with van der Waals surface area (Å²) in [6, 6.07) is 5.61. The topological polar surface area (TPSA) is 76.2 Å². The Morgan fingerprint density at radius 3 is 2.48 bits per heavy atom. The van der Waals surface area contributed by atoms with E-state index in [0.29, 0.717) is 30.8 Å². The number of amides is 1. The molecule has 7 nitrogen and oxygen atoms in total. The summed E-state index contributed by atoms with van der Waals surface area (Å²) in [5, 5.41) is 0. The van der Waals surface area contributed by atoms with Gasteiger partial charge in [0.15, 0.2) is 0 Å². The van der Waals surface area contributed by atoms with Crippen LogP contribution in [0.2, 0.25) is 0 Å². The lowest BCUT2D eigenvalue weighted by atomic mass is 10.1. The summed E-state index contributed by atoms with van der Waals surface area (Å²) in [4.78, 5) is 16.9. The van der Waals surface area contributed by atoms with E-state index < -0.39 is 10.1 Å². The van der Waals surface area contributed by atoms with Crippen LogP contribution >= 0.6 is 0 Å². The maximum atomic E-state index is 13.0. The van der Waals surface area contributed by atoms with Crippen LogP contribution in [0.5, 0.6) is 5.75 Å². The third-order valence-corrected chi connectivity index (χ3v) is 6.64. The van der Waals surface area contributed by atoms with Crippen molar-refractivity contribution in [2.45, 2.75) is 66.5 Å². The highest BCUT2D eigenvalue weighted by atomic mass is 32.2. The fourth-order valence-corrected chi connectivity index (χ4v) is 4.25. The van der Waals surface area contributed by atoms with Crippen molar-refractivity contribution < 1.29 is 22.1 Å². The third kappa shape index (κ3) is 7.68. The number of anilines is 1. The number of carbonyl (C=O) groups is 1. The summed E-state index contributed by atoms with van der Waals surface area (Å²) in [5.41, 5.74) is 1.58. The van der Waals surface area contributed by atoms with Crippen LogP contribution in [0, 0.1) is 5.92 Å². The Hall–Kier alpha value is -1.80. The van der Waals surface area contributed by atoms with Crippen molar-refractivity contribution in [1.29, 1.82) is 0 Å². The molecule has 0 aromatic heterocycles. The minimum Gasteiger partial charge on any atom is -0.382 e. The van der Waals surface area contributed by atoms with Gasteiger partial charge in [0.05, 0.1) is 11.9 Å². The van der Waals surface area contributed by atoms with E-state index in [4.69, 9.17) is 8.92 Å². The van der Waals surface area contributed by atoms with E-state index in [9.17, 15) is 13.2 Å². The van der Waals surface area contributed by atoms with Crippen LogP contribution in [0.25, 0.3) is 0 Å². The molecule has 8 heteroatoms. The van der Waals surface area contributed by atoms with E-state index in [-0.39, 0.29) is 23.7 Å². The molecule has 1 fully saturated rings. The van der Waals surface area contributed by atoms with Gasteiger partial charge in [0.25, 0.3) is 0 Å². The van der Waals surface area contributed by atoms with Crippen LogP contribution in [0.1, 0.15) is 59.4 Å². The largest absolute Gasteiger partial charge is 0.382 e. The SMILES string of the molecule is CCN(CC)c1ccc(CN(CC2CCCO2)C(=O)CC(C)C)c(OS(=O)(=O)CC)c1. The number of benzene rings is 1. The number of ether oxygens (including phenoxy) is 1. The second-order valence-electron chi connectivity index (χ2n) is 8.40. The molecule has 0 saturated carbocycles. The van der Waals surface area contributed by atoms with Gasteiger partial charge in [-0.3, -0.25) is 4.79 Å². The first-order chi connectivity index (χ1) is 14.7. The first-order valence-electron chi connectivity index (χ1n) is 11.4. The Morgan fingerprint density at radius 1 is 1.23 bits per heavy atom. The van der Waals surface area contributed by atoms with Crippen molar-refractivity contribution in [3.8, 4) is 5.75 Å². The van der Waals surface area contributed by atoms with Gasteiger partial charge in [-0.15, -0.1) is 0 Å². The number of carbonyl (C=O) groups excluding carboxylic acids is 1. The number of hydrogen-bond donors (Lipinski definition) is 0. The van der Waals surface area contributed by atoms with Gasteiger partial charge in [0.2, 0.25) is 5.91 Å². The van der Waals surface area contributed by atoms with Gasteiger partial charge < -0.3 is 18.7 Å². The van der Waals surface area contributed by atoms with Crippen LogP contribution in [0.3, 0.4) is 0 Å². The molecule has 1 amide bonds. The molecule has 0 radical (unpaired) electrons. The zero-order chi connectivity index (χ0) is 23.0. The molecule has 1 aliphatic heterocycles. The molecule has 0 spiro atoms. The molecule has 1 saturated heterocycles. The van der Waals surface area contributed by atoms with Gasteiger partial charge in [-0.05, 0) is 45.6 Å². The molecule has 31 heavy (non-hydrogen) atoms. The highest BCUT2D eigenvalue weighted by molar-refractivity contribution is 7.87. The summed E-state index contributed by atoms with van der Waals surface area (Å²) in [7, 11) is -3.70. The Labute approximate surface area is 187 Å². The molecule has 0 N–H and O–H groups in total. The molecule has 1 aliphatic rings. The molecule has 0 bridgehead atoms. The maximum Gasteiger partial charge on any atom is 0.308 e. The van der Waals surface area contributed by atoms with E-state index in [0.717, 1.165) is 38.2 Å². The zero-order valence-corrected chi connectivity index (χ0v) is 20.4. The van der Waals surface area contributed by atoms with Gasteiger partial charge in [-0.25, -0.2) is 0 Å². The molecular formula is C23H38N2O5S. The Kier molecular flexibility index (Phi) is 9.62. The Morgan fingerprint density at radius 2 is 1.94 bits per heavy atom. The molecule has 1 unspecified atom stereocenters. The highest BCUT2D eigenvalue weighted by Gasteiger charge is 2.25. The van der Waals surface area contributed by atoms with Gasteiger partial charge in [-0.1, -0.05) is 19.9 Å². The van der Waals surface area contributed by atoms with Gasteiger partial charge >= 0.3 is 10.1 Å². The predicted octanol–water partition coefficient (Wildman–Crippen LogP) is 3.82. The molecular weight excluding hydrogens is 416 g/mol. The number of nitrogens with zero attached hydrogens (tertiary/aromatic N) is 2. The fraction of sp³-hybridized carbons (Fsp3) is 0.696. The fourth-order valence-electron chi connectivity index (χ4n) is 3.71. The Bertz CT molecular complexity index is 815. The summed E-state index contributed by atoms with van der Waals surface area (Å²) >= 11 is 0. The summed E-state index contributed by atoms with van der Waals surface area (Å²) in [5.74, 6) is 0.456. The summed E-state index contributed by atoms with van der Waals surface area (Å²) in [6.45, 7) is 12.8. The van der Waals surface area contributed by atoms with Crippen molar-refractivity contribution in [2.24, 2.45) is 5.92 Å². The number of rotatable bonds is 12. The van der Waals surface area contributed by atoms with Gasteiger partial charge in [0, 0.05) is 56.5 Å². The molecule has 1 heterocycles. The van der Waals surface area contributed by atoms with E-state index in [1.54, 1.807) is 17.9 Å². The second-order valence-corrected chi connectivity index (χ2v) is 10.3. The van der Waals surface area contributed by atoms with E-state index in [1.165, 1.54) is 0 Å². The standard InChI is InChI=1S/C23H38N2O5S/c1-6-24(7-2)20-12-11-19(22(15-20)30-31(27,28)8-3)16-25(23(26)14-18(4)5)17-21-10-9-13-29-21/h11-12,15,18,21H,6-10,13-14,16-17H2,1-5H3. The first kappa shape index (κ1) is 25.5. The summed E-state index contributed by atoms with van der Waals surface area (Å²) in [6.07, 6.45) is 2.39. The second kappa shape index (κ2) is 11.7. The predicted molar refractivity (Wildman–Crippen MR) is 124 cm³/mol. The Balaban J connectivity index is 2.36. The lowest BCUT2D eigenvalue weighted by Crippen LogP contribution is -2.37. The van der Waals surface area contributed by atoms with Crippen molar-refractivity contribution >= 4 is 21.7 Å². The first-order valence-corrected chi connectivity index (χ1v) is 13.0. The average Bonchev–Trinajstić information content (AvgIpc) is 3.22. The molecule has 1 atom stereocenters. The molecule has 176 valence electrons. The quantitative estimate of drug-likeness (QED) is 0.447. The van der Waals surface area contributed by atoms with Gasteiger partial charge in [-0.2, -0.15) is 8.42 Å². The molecule has 0 aliphatic carbocycles. The maximum absolute atomic E-state index is 13.0. The normalized spacial score (nSPS) is 16.5. The van der Waals surface area contributed by atoms with Crippen molar-refractivity contribution in [3.05, 3.63) is 23.8 Å². The van der Waals surface area contributed by atoms with Crippen LogP contribution in [-0.4, -0.2) is 57.3 Å². The lowest BCUT2D eigenvalue weighted by molar-refractivity contribution is -0.134. The van der Waals surface area contributed by atoms with Crippen LogP contribution in [0.15, 0.2) is 18.2 Å². The lowest BCUT2D eigenvalue weighted by Gasteiger charge is -2.28. The number of hydrogen-bond acceptors (Lipinski definition) is 6. The molecule has 1 aromatic carbocycles.